The van der Waals surface area contributed by atoms with E-state index in [9.17, 15) is 8.42 Å². The molecule has 1 fully saturated rings. The summed E-state index contributed by atoms with van der Waals surface area (Å²) in [6.45, 7) is 9.03. The Morgan fingerprint density at radius 1 is 1.28 bits per heavy atom. The van der Waals surface area contributed by atoms with Crippen molar-refractivity contribution in [3.05, 3.63) is 0 Å². The van der Waals surface area contributed by atoms with Gasteiger partial charge in [-0.05, 0) is 38.6 Å². The van der Waals surface area contributed by atoms with Crippen LogP contribution in [0.15, 0.2) is 0 Å². The molecule has 0 bridgehead atoms. The van der Waals surface area contributed by atoms with E-state index in [1.165, 1.54) is 0 Å². The van der Waals surface area contributed by atoms with Gasteiger partial charge in [0.05, 0.1) is 0 Å². The summed E-state index contributed by atoms with van der Waals surface area (Å²) in [5.41, 5.74) is 0. The number of nitrogens with zero attached hydrogens (tertiary/aromatic N) is 1. The fraction of sp³-hybridized carbons (Fsp3) is 1.00. The topological polar surface area (TPSA) is 61.4 Å². The van der Waals surface area contributed by atoms with Crippen molar-refractivity contribution in [3.63, 3.8) is 0 Å². The summed E-state index contributed by atoms with van der Waals surface area (Å²) in [5.74, 6) is 0.586. The van der Waals surface area contributed by atoms with Gasteiger partial charge in [0.25, 0.3) is 10.2 Å². The summed E-state index contributed by atoms with van der Waals surface area (Å²) in [6.07, 6.45) is 2.72. The largest absolute Gasteiger partial charge is 0.314 e. The highest BCUT2D eigenvalue weighted by molar-refractivity contribution is 7.87. The molecule has 1 aliphatic rings. The lowest BCUT2D eigenvalue weighted by atomic mass is 9.91. The van der Waals surface area contributed by atoms with Gasteiger partial charge in [0.2, 0.25) is 0 Å². The molecule has 1 saturated heterocycles. The van der Waals surface area contributed by atoms with Crippen LogP contribution in [0.5, 0.6) is 0 Å². The van der Waals surface area contributed by atoms with Crippen molar-refractivity contribution in [2.45, 2.75) is 46.1 Å². The van der Waals surface area contributed by atoms with Gasteiger partial charge in [-0.1, -0.05) is 13.8 Å². The van der Waals surface area contributed by atoms with Crippen molar-refractivity contribution in [2.24, 2.45) is 5.92 Å². The van der Waals surface area contributed by atoms with Gasteiger partial charge < -0.3 is 5.32 Å². The van der Waals surface area contributed by atoms with E-state index in [4.69, 9.17) is 0 Å². The maximum atomic E-state index is 11.9. The SMILES string of the molecule is CCCNS(=O)(=O)N1CCC(C(C)NCC)CC1. The van der Waals surface area contributed by atoms with E-state index in [0.29, 0.717) is 31.6 Å². The summed E-state index contributed by atoms with van der Waals surface area (Å²) in [7, 11) is -3.24. The minimum absolute atomic E-state index is 0.475. The number of hydrogen-bond donors (Lipinski definition) is 2. The van der Waals surface area contributed by atoms with Gasteiger partial charge in [0.15, 0.2) is 0 Å². The van der Waals surface area contributed by atoms with Crippen molar-refractivity contribution < 1.29 is 8.42 Å². The third-order valence-corrected chi connectivity index (χ3v) is 5.22. The molecule has 18 heavy (non-hydrogen) atoms. The Bertz CT molecular complexity index is 324. The van der Waals surface area contributed by atoms with Gasteiger partial charge >= 0.3 is 0 Å². The first-order chi connectivity index (χ1) is 8.51. The van der Waals surface area contributed by atoms with Crippen molar-refractivity contribution in [3.8, 4) is 0 Å². The van der Waals surface area contributed by atoms with E-state index < -0.39 is 10.2 Å². The standard InChI is InChI=1S/C12H27N3O2S/c1-4-8-14-18(16,17)15-9-6-12(7-10-15)11(3)13-5-2/h11-14H,4-10H2,1-3H3. The molecule has 0 aliphatic carbocycles. The zero-order valence-corrected chi connectivity index (χ0v) is 12.6. The highest BCUT2D eigenvalue weighted by Gasteiger charge is 2.29. The fourth-order valence-electron chi connectivity index (χ4n) is 2.43. The van der Waals surface area contributed by atoms with Crippen LogP contribution in [0.25, 0.3) is 0 Å². The number of hydrogen-bond acceptors (Lipinski definition) is 3. The third-order valence-electron chi connectivity index (χ3n) is 3.61. The average Bonchev–Trinajstić information content (AvgIpc) is 2.37. The van der Waals surface area contributed by atoms with E-state index in [2.05, 4.69) is 23.9 Å². The molecule has 0 amide bonds. The molecule has 108 valence electrons. The molecule has 0 spiro atoms. The molecular formula is C12H27N3O2S. The molecule has 1 aliphatic heterocycles. The Kier molecular flexibility index (Phi) is 6.55. The van der Waals surface area contributed by atoms with Gasteiger partial charge in [0.1, 0.15) is 0 Å². The van der Waals surface area contributed by atoms with Crippen LogP contribution in [-0.4, -0.2) is 44.9 Å². The Hall–Kier alpha value is -0.170. The third kappa shape index (κ3) is 4.50. The second kappa shape index (κ2) is 7.43. The monoisotopic (exact) mass is 277 g/mol. The highest BCUT2D eigenvalue weighted by atomic mass is 32.2. The predicted octanol–water partition coefficient (Wildman–Crippen LogP) is 0.941. The fourth-order valence-corrected chi connectivity index (χ4v) is 3.76. The molecule has 0 radical (unpaired) electrons. The van der Waals surface area contributed by atoms with E-state index >= 15 is 0 Å². The highest BCUT2D eigenvalue weighted by Crippen LogP contribution is 2.21. The average molecular weight is 277 g/mol. The maximum absolute atomic E-state index is 11.9. The zero-order chi connectivity index (χ0) is 13.6. The zero-order valence-electron chi connectivity index (χ0n) is 11.8. The van der Waals surface area contributed by atoms with E-state index in [1.54, 1.807) is 4.31 Å². The molecule has 0 aromatic heterocycles. The van der Waals surface area contributed by atoms with E-state index in [-0.39, 0.29) is 0 Å². The van der Waals surface area contributed by atoms with Gasteiger partial charge in [-0.25, -0.2) is 4.72 Å². The van der Waals surface area contributed by atoms with Crippen LogP contribution in [0.4, 0.5) is 0 Å². The Labute approximate surface area is 112 Å². The van der Waals surface area contributed by atoms with Crippen LogP contribution >= 0.6 is 0 Å². The van der Waals surface area contributed by atoms with Crippen molar-refractivity contribution in [1.29, 1.82) is 0 Å². The number of rotatable bonds is 7. The van der Waals surface area contributed by atoms with E-state index in [0.717, 1.165) is 25.8 Å². The molecule has 1 atom stereocenters. The Morgan fingerprint density at radius 3 is 2.39 bits per heavy atom. The molecule has 6 heteroatoms. The quantitative estimate of drug-likeness (QED) is 0.728. The molecule has 1 heterocycles. The van der Waals surface area contributed by atoms with Gasteiger partial charge in [-0.2, -0.15) is 12.7 Å². The minimum Gasteiger partial charge on any atom is -0.314 e. The number of piperidine rings is 1. The van der Waals surface area contributed by atoms with Gasteiger partial charge in [0, 0.05) is 25.7 Å². The summed E-state index contributed by atoms with van der Waals surface area (Å²) < 4.78 is 28.1. The molecule has 0 aromatic carbocycles. The second-order valence-corrected chi connectivity index (χ2v) is 6.74. The van der Waals surface area contributed by atoms with Gasteiger partial charge in [-0.15, -0.1) is 0 Å². The molecule has 5 nitrogen and oxygen atoms in total. The first-order valence-electron chi connectivity index (χ1n) is 6.99. The second-order valence-electron chi connectivity index (χ2n) is 4.98. The Balaban J connectivity index is 2.43. The summed E-state index contributed by atoms with van der Waals surface area (Å²) in [5, 5.41) is 3.42. The summed E-state index contributed by atoms with van der Waals surface area (Å²) >= 11 is 0. The van der Waals surface area contributed by atoms with Crippen LogP contribution < -0.4 is 10.0 Å². The molecule has 0 aromatic rings. The smallest absolute Gasteiger partial charge is 0.279 e. The van der Waals surface area contributed by atoms with Crippen LogP contribution in [-0.2, 0) is 10.2 Å². The minimum atomic E-state index is -3.24. The lowest BCUT2D eigenvalue weighted by Gasteiger charge is -2.34. The number of nitrogens with one attached hydrogen (secondary N) is 2. The van der Waals surface area contributed by atoms with Crippen molar-refractivity contribution >= 4 is 10.2 Å². The van der Waals surface area contributed by atoms with Crippen LogP contribution in [0, 0.1) is 5.92 Å². The normalized spacial score (nSPS) is 21.1. The molecular weight excluding hydrogens is 250 g/mol. The maximum Gasteiger partial charge on any atom is 0.279 e. The summed E-state index contributed by atoms with van der Waals surface area (Å²) in [6, 6.07) is 0.475. The van der Waals surface area contributed by atoms with Crippen molar-refractivity contribution in [1.82, 2.24) is 14.3 Å². The van der Waals surface area contributed by atoms with Gasteiger partial charge in [-0.3, -0.25) is 0 Å². The lowest BCUT2D eigenvalue weighted by Crippen LogP contribution is -2.47. The van der Waals surface area contributed by atoms with Crippen LogP contribution in [0.2, 0.25) is 0 Å². The van der Waals surface area contributed by atoms with Crippen molar-refractivity contribution in [2.75, 3.05) is 26.2 Å². The van der Waals surface area contributed by atoms with Crippen LogP contribution in [0.1, 0.15) is 40.0 Å². The van der Waals surface area contributed by atoms with E-state index in [1.807, 2.05) is 6.92 Å². The lowest BCUT2D eigenvalue weighted by molar-refractivity contribution is 0.231. The summed E-state index contributed by atoms with van der Waals surface area (Å²) in [4.78, 5) is 0. The molecule has 1 unspecified atom stereocenters. The first-order valence-corrected chi connectivity index (χ1v) is 8.43. The molecule has 0 saturated carbocycles. The first kappa shape index (κ1) is 15.9. The Morgan fingerprint density at radius 2 is 1.89 bits per heavy atom. The van der Waals surface area contributed by atoms with Crippen LogP contribution in [0.3, 0.4) is 0 Å². The molecule has 1 rings (SSSR count). The predicted molar refractivity (Wildman–Crippen MR) is 74.6 cm³/mol. The molecule has 2 N–H and O–H groups in total.